The summed E-state index contributed by atoms with van der Waals surface area (Å²) in [6.07, 6.45) is 0. The lowest BCUT2D eigenvalue weighted by Crippen LogP contribution is -2.43. The molecular weight excluding hydrogens is 180 g/mol. The van der Waals surface area contributed by atoms with E-state index in [2.05, 4.69) is 6.92 Å². The van der Waals surface area contributed by atoms with Gasteiger partial charge in [0.15, 0.2) is 6.79 Å². The first-order valence-electron chi connectivity index (χ1n) is 4.96. The quantitative estimate of drug-likeness (QED) is 0.387. The zero-order valence-corrected chi connectivity index (χ0v) is 9.55. The molecule has 0 aromatic rings. The number of hydrogen-bond acceptors (Lipinski definition) is 3. The first-order valence-corrected chi connectivity index (χ1v) is 4.96. The van der Waals surface area contributed by atoms with E-state index in [1.807, 2.05) is 20.8 Å². The summed E-state index contributed by atoms with van der Waals surface area (Å²) in [7, 11) is 0. The zero-order valence-electron chi connectivity index (χ0n) is 9.55. The van der Waals surface area contributed by atoms with Crippen molar-refractivity contribution in [2.75, 3.05) is 26.6 Å². The Hall–Kier alpha value is -0.540. The Bertz CT molecular complexity index is 213. The maximum absolute atomic E-state index is 5.42. The van der Waals surface area contributed by atoms with Crippen molar-refractivity contribution in [3.63, 3.8) is 0 Å². The van der Waals surface area contributed by atoms with Crippen LogP contribution in [0.3, 0.4) is 0 Å². The van der Waals surface area contributed by atoms with Crippen LogP contribution in [0.4, 0.5) is 0 Å². The molecule has 0 amide bonds. The number of rotatable bonds is 5. The Morgan fingerprint density at radius 2 is 1.93 bits per heavy atom. The minimum absolute atomic E-state index is 0.211. The molecule has 1 saturated heterocycles. The smallest absolute Gasteiger partial charge is 0.188 e. The molecule has 0 bridgehead atoms. The van der Waals surface area contributed by atoms with Crippen LogP contribution < -0.4 is 0 Å². The Labute approximate surface area is 86.0 Å². The molecular formula is C11H20O3. The van der Waals surface area contributed by atoms with Crippen molar-refractivity contribution in [3.8, 4) is 0 Å². The van der Waals surface area contributed by atoms with Crippen LogP contribution in [0.5, 0.6) is 0 Å². The van der Waals surface area contributed by atoms with Crippen LogP contribution in [0.15, 0.2) is 11.3 Å². The summed E-state index contributed by atoms with van der Waals surface area (Å²) in [5.41, 5.74) is 1.40. The highest BCUT2D eigenvalue weighted by Gasteiger charge is 2.33. The molecule has 1 aliphatic heterocycles. The molecule has 0 radical (unpaired) electrons. The van der Waals surface area contributed by atoms with Gasteiger partial charge in [0.25, 0.3) is 0 Å². The summed E-state index contributed by atoms with van der Waals surface area (Å²) in [5.74, 6) is 0.944. The molecule has 0 N–H and O–H groups in total. The lowest BCUT2D eigenvalue weighted by molar-refractivity contribution is -0.157. The van der Waals surface area contributed by atoms with Crippen molar-refractivity contribution in [2.45, 2.75) is 27.7 Å². The third kappa shape index (κ3) is 3.31. The van der Waals surface area contributed by atoms with Gasteiger partial charge in [-0.05, 0) is 26.3 Å². The minimum atomic E-state index is 0.211. The van der Waals surface area contributed by atoms with Gasteiger partial charge in [-0.3, -0.25) is 0 Å². The number of hydrogen-bond donors (Lipinski definition) is 0. The van der Waals surface area contributed by atoms with Crippen LogP contribution in [0.25, 0.3) is 0 Å². The van der Waals surface area contributed by atoms with Gasteiger partial charge < -0.3 is 14.2 Å². The van der Waals surface area contributed by atoms with E-state index in [1.165, 1.54) is 5.57 Å². The molecule has 1 aliphatic rings. The van der Waals surface area contributed by atoms with Gasteiger partial charge in [0.1, 0.15) is 0 Å². The Morgan fingerprint density at radius 1 is 1.29 bits per heavy atom. The molecule has 0 aromatic heterocycles. The second-order valence-electron chi connectivity index (χ2n) is 4.47. The van der Waals surface area contributed by atoms with E-state index in [1.54, 1.807) is 0 Å². The number of allylic oxidation sites excluding steroid dienone is 2. The van der Waals surface area contributed by atoms with Gasteiger partial charge in [0.2, 0.25) is 0 Å². The molecule has 1 heterocycles. The molecule has 3 heteroatoms. The highest BCUT2D eigenvalue weighted by atomic mass is 16.7. The topological polar surface area (TPSA) is 27.7 Å². The maximum atomic E-state index is 5.42. The van der Waals surface area contributed by atoms with Crippen LogP contribution in [-0.4, -0.2) is 26.6 Å². The zero-order chi connectivity index (χ0) is 10.6. The fourth-order valence-corrected chi connectivity index (χ4v) is 1.10. The lowest BCUT2D eigenvalue weighted by atomic mass is 9.90. The summed E-state index contributed by atoms with van der Waals surface area (Å²) in [4.78, 5) is 0. The van der Waals surface area contributed by atoms with Gasteiger partial charge >= 0.3 is 0 Å². The van der Waals surface area contributed by atoms with E-state index in [4.69, 9.17) is 14.2 Å². The third-order valence-corrected chi connectivity index (χ3v) is 2.41. The van der Waals surface area contributed by atoms with Gasteiger partial charge in [0.05, 0.1) is 25.6 Å². The normalized spacial score (nSPS) is 18.6. The predicted octanol–water partition coefficient (Wildman–Crippen LogP) is 2.33. The van der Waals surface area contributed by atoms with Gasteiger partial charge in [-0.25, -0.2) is 0 Å². The maximum Gasteiger partial charge on any atom is 0.188 e. The van der Waals surface area contributed by atoms with E-state index < -0.39 is 0 Å². The van der Waals surface area contributed by atoms with Crippen LogP contribution >= 0.6 is 0 Å². The Balaban J connectivity index is 2.07. The molecule has 1 rings (SSSR count). The van der Waals surface area contributed by atoms with Crippen LogP contribution in [0.2, 0.25) is 0 Å². The van der Waals surface area contributed by atoms with Crippen molar-refractivity contribution >= 4 is 0 Å². The van der Waals surface area contributed by atoms with Gasteiger partial charge in [-0.2, -0.15) is 0 Å². The van der Waals surface area contributed by atoms with Gasteiger partial charge in [-0.1, -0.05) is 6.92 Å². The third-order valence-electron chi connectivity index (χ3n) is 2.41. The van der Waals surface area contributed by atoms with Crippen LogP contribution in [0.1, 0.15) is 27.7 Å². The highest BCUT2D eigenvalue weighted by Crippen LogP contribution is 2.26. The lowest BCUT2D eigenvalue weighted by Gasteiger charge is -2.37. The summed E-state index contributed by atoms with van der Waals surface area (Å²) in [6, 6.07) is 0. The fourth-order valence-electron chi connectivity index (χ4n) is 1.10. The SMILES string of the molecule is CC(C)=C(C)OCOCC1(C)COC1. The Morgan fingerprint density at radius 3 is 2.36 bits per heavy atom. The van der Waals surface area contributed by atoms with Crippen LogP contribution in [0, 0.1) is 5.41 Å². The first kappa shape index (κ1) is 11.5. The molecule has 0 spiro atoms. The average Bonchev–Trinajstić information content (AvgIpc) is 2.09. The van der Waals surface area contributed by atoms with Crippen molar-refractivity contribution < 1.29 is 14.2 Å². The van der Waals surface area contributed by atoms with E-state index in [0.717, 1.165) is 19.0 Å². The predicted molar refractivity (Wildman–Crippen MR) is 54.9 cm³/mol. The van der Waals surface area contributed by atoms with Gasteiger partial charge in [-0.15, -0.1) is 0 Å². The van der Waals surface area contributed by atoms with E-state index >= 15 is 0 Å². The molecule has 0 saturated carbocycles. The van der Waals surface area contributed by atoms with Crippen molar-refractivity contribution in [1.82, 2.24) is 0 Å². The van der Waals surface area contributed by atoms with E-state index in [-0.39, 0.29) is 5.41 Å². The van der Waals surface area contributed by atoms with Crippen molar-refractivity contribution in [2.24, 2.45) is 5.41 Å². The average molecular weight is 200 g/mol. The highest BCUT2D eigenvalue weighted by molar-refractivity contribution is 4.98. The molecule has 1 fully saturated rings. The fraction of sp³-hybridized carbons (Fsp3) is 0.818. The second kappa shape index (κ2) is 4.80. The molecule has 14 heavy (non-hydrogen) atoms. The van der Waals surface area contributed by atoms with Crippen molar-refractivity contribution in [1.29, 1.82) is 0 Å². The summed E-state index contributed by atoms with van der Waals surface area (Å²) >= 11 is 0. The molecule has 0 unspecified atom stereocenters. The standard InChI is InChI=1S/C11H20O3/c1-9(2)10(3)14-8-13-7-11(4)5-12-6-11/h5-8H2,1-4H3. The summed E-state index contributed by atoms with van der Waals surface area (Å²) in [6.45, 7) is 10.8. The van der Waals surface area contributed by atoms with E-state index in [0.29, 0.717) is 13.4 Å². The van der Waals surface area contributed by atoms with Gasteiger partial charge in [0, 0.05) is 5.41 Å². The molecule has 0 aromatic carbocycles. The largest absolute Gasteiger partial charge is 0.472 e. The first-order chi connectivity index (χ1) is 6.53. The molecule has 0 aliphatic carbocycles. The number of ether oxygens (including phenoxy) is 3. The Kier molecular flexibility index (Phi) is 3.96. The minimum Gasteiger partial charge on any atom is -0.472 e. The summed E-state index contributed by atoms with van der Waals surface area (Å²) < 4.78 is 15.9. The monoisotopic (exact) mass is 200 g/mol. The molecule has 0 atom stereocenters. The van der Waals surface area contributed by atoms with Crippen LogP contribution in [-0.2, 0) is 14.2 Å². The van der Waals surface area contributed by atoms with E-state index in [9.17, 15) is 0 Å². The summed E-state index contributed by atoms with van der Waals surface area (Å²) in [5, 5.41) is 0. The second-order valence-corrected chi connectivity index (χ2v) is 4.47. The van der Waals surface area contributed by atoms with Crippen molar-refractivity contribution in [3.05, 3.63) is 11.3 Å². The molecule has 82 valence electrons. The molecule has 3 nitrogen and oxygen atoms in total.